The largest absolute Gasteiger partial charge is 0.435 e. The number of hydrogen-bond acceptors (Lipinski definition) is 2. The Bertz CT molecular complexity index is 1280. The molecule has 0 fully saturated rings. The number of nitrogens with two attached hydrogens (primary N) is 1. The maximum absolute atomic E-state index is 14.7. The van der Waals surface area contributed by atoms with Crippen molar-refractivity contribution >= 4 is 17.5 Å². The molecule has 0 radical (unpaired) electrons. The first-order chi connectivity index (χ1) is 16.6. The van der Waals surface area contributed by atoms with Crippen molar-refractivity contribution in [3.8, 4) is 11.1 Å². The number of carbonyl (C=O) groups excluding carboxylic acids is 2. The van der Waals surface area contributed by atoms with Crippen molar-refractivity contribution < 1.29 is 40.3 Å². The molecule has 0 saturated heterocycles. The van der Waals surface area contributed by atoms with E-state index in [9.17, 15) is 40.3 Å². The van der Waals surface area contributed by atoms with Gasteiger partial charge in [0.1, 0.15) is 0 Å². The van der Waals surface area contributed by atoms with E-state index in [0.717, 1.165) is 0 Å². The summed E-state index contributed by atoms with van der Waals surface area (Å²) in [5, 5.41) is 2.59. The van der Waals surface area contributed by atoms with E-state index in [0.29, 0.717) is 12.1 Å². The number of carbonyl (C=O) groups is 2. The first-order valence-electron chi connectivity index (χ1n) is 10.3. The molecule has 3 aromatic rings. The molecule has 3 N–H and O–H groups in total. The van der Waals surface area contributed by atoms with Gasteiger partial charge in [0.2, 0.25) is 5.91 Å². The predicted octanol–water partition coefficient (Wildman–Crippen LogP) is 6.61. The van der Waals surface area contributed by atoms with Crippen LogP contribution in [0.4, 0.5) is 36.4 Å². The van der Waals surface area contributed by atoms with Gasteiger partial charge in [-0.3, -0.25) is 9.59 Å². The number of primary amides is 1. The lowest BCUT2D eigenvalue weighted by Gasteiger charge is -2.31. The summed E-state index contributed by atoms with van der Waals surface area (Å²) in [6.45, 7) is 2.33. The summed E-state index contributed by atoms with van der Waals surface area (Å²) in [6.07, 6.45) is -12.6. The average Bonchev–Trinajstić information content (AvgIpc) is 2.77. The lowest BCUT2D eigenvalue weighted by atomic mass is 9.85. The summed E-state index contributed by atoms with van der Waals surface area (Å²) in [5.74, 6) is -1.56. The molecular weight excluding hydrogens is 493 g/mol. The normalized spacial score (nSPS) is 12.4. The molecular formula is C25H19F7N2O2. The molecule has 0 saturated carbocycles. The third kappa shape index (κ3) is 4.65. The van der Waals surface area contributed by atoms with Crippen LogP contribution in [-0.2, 0) is 5.67 Å². The second kappa shape index (κ2) is 9.29. The van der Waals surface area contributed by atoms with E-state index in [1.807, 2.05) is 0 Å². The van der Waals surface area contributed by atoms with Gasteiger partial charge in [-0.2, -0.15) is 26.3 Å². The molecule has 2 amide bonds. The molecule has 0 bridgehead atoms. The smallest absolute Gasteiger partial charge is 0.366 e. The van der Waals surface area contributed by atoms with Crippen molar-refractivity contribution in [3.05, 3.63) is 88.5 Å². The fourth-order valence-electron chi connectivity index (χ4n) is 3.96. The maximum atomic E-state index is 14.7. The van der Waals surface area contributed by atoms with Crippen molar-refractivity contribution in [1.82, 2.24) is 0 Å². The second-order valence-corrected chi connectivity index (χ2v) is 8.05. The van der Waals surface area contributed by atoms with Crippen LogP contribution in [0, 0.1) is 13.8 Å². The fraction of sp³-hybridized carbons (Fsp3) is 0.200. The Kier molecular flexibility index (Phi) is 6.89. The quantitative estimate of drug-likeness (QED) is 0.378. The van der Waals surface area contributed by atoms with Crippen molar-refractivity contribution in [1.29, 1.82) is 0 Å². The van der Waals surface area contributed by atoms with Gasteiger partial charge in [0.25, 0.3) is 5.91 Å². The molecule has 0 heterocycles. The predicted molar refractivity (Wildman–Crippen MR) is 119 cm³/mol. The molecule has 0 unspecified atom stereocenters. The van der Waals surface area contributed by atoms with E-state index >= 15 is 0 Å². The molecule has 0 aliphatic carbocycles. The SMILES string of the molecule is Cc1cc(C(F)(C(F)(F)F)C(F)(F)F)cc(C)c1-c1c(NC(=O)c2ccccc2)cccc1C(N)=O. The van der Waals surface area contributed by atoms with Crippen LogP contribution < -0.4 is 11.1 Å². The van der Waals surface area contributed by atoms with Crippen LogP contribution in [0.25, 0.3) is 11.1 Å². The summed E-state index contributed by atoms with van der Waals surface area (Å²) in [5.41, 5.74) is -2.12. The molecule has 0 atom stereocenters. The molecule has 4 nitrogen and oxygen atoms in total. The minimum atomic E-state index is -6.29. The van der Waals surface area contributed by atoms with Crippen LogP contribution in [0.15, 0.2) is 60.7 Å². The zero-order valence-corrected chi connectivity index (χ0v) is 18.8. The topological polar surface area (TPSA) is 72.2 Å². The van der Waals surface area contributed by atoms with Crippen LogP contribution in [0.3, 0.4) is 0 Å². The highest BCUT2D eigenvalue weighted by Crippen LogP contribution is 2.54. The van der Waals surface area contributed by atoms with E-state index in [4.69, 9.17) is 5.73 Å². The maximum Gasteiger partial charge on any atom is 0.435 e. The lowest BCUT2D eigenvalue weighted by molar-refractivity contribution is -0.348. The number of amides is 2. The lowest BCUT2D eigenvalue weighted by Crippen LogP contribution is -2.50. The molecule has 3 aromatic carbocycles. The van der Waals surface area contributed by atoms with E-state index in [1.165, 1.54) is 44.2 Å². The molecule has 190 valence electrons. The van der Waals surface area contributed by atoms with Crippen molar-refractivity contribution in [3.63, 3.8) is 0 Å². The van der Waals surface area contributed by atoms with Gasteiger partial charge in [0.15, 0.2) is 0 Å². The van der Waals surface area contributed by atoms with Crippen molar-refractivity contribution in [2.45, 2.75) is 31.9 Å². The minimum Gasteiger partial charge on any atom is -0.366 e. The van der Waals surface area contributed by atoms with Gasteiger partial charge in [0.05, 0.1) is 0 Å². The standard InChI is InChI=1S/C25H19F7N2O2/c1-13-11-16(23(26,24(27,28)29)25(30,31)32)12-14(2)19(13)20-17(21(33)35)9-6-10-18(20)34-22(36)15-7-4-3-5-8-15/h3-12H,1-2H3,(H2,33,35)(H,34,36). The molecule has 11 heteroatoms. The Morgan fingerprint density at radius 1 is 0.750 bits per heavy atom. The molecule has 0 aromatic heterocycles. The molecule has 0 aliphatic rings. The third-order valence-electron chi connectivity index (χ3n) is 5.58. The Morgan fingerprint density at radius 3 is 1.75 bits per heavy atom. The van der Waals surface area contributed by atoms with Gasteiger partial charge in [-0.05, 0) is 54.8 Å². The Balaban J connectivity index is 2.25. The number of alkyl halides is 7. The summed E-state index contributed by atoms with van der Waals surface area (Å²) in [7, 11) is 0. The average molecular weight is 512 g/mol. The molecule has 0 spiro atoms. The Hall–Kier alpha value is -3.89. The highest BCUT2D eigenvalue weighted by molar-refractivity contribution is 6.10. The van der Waals surface area contributed by atoms with Crippen LogP contribution in [0.2, 0.25) is 0 Å². The number of hydrogen-bond donors (Lipinski definition) is 2. The van der Waals surface area contributed by atoms with Crippen molar-refractivity contribution in [2.24, 2.45) is 5.73 Å². The second-order valence-electron chi connectivity index (χ2n) is 8.05. The number of anilines is 1. The van der Waals surface area contributed by atoms with E-state index in [1.54, 1.807) is 18.2 Å². The fourth-order valence-corrected chi connectivity index (χ4v) is 3.96. The summed E-state index contributed by atoms with van der Waals surface area (Å²) >= 11 is 0. The number of rotatable bonds is 5. The van der Waals surface area contributed by atoms with Gasteiger partial charge < -0.3 is 11.1 Å². The summed E-state index contributed by atoms with van der Waals surface area (Å²) in [4.78, 5) is 24.9. The van der Waals surface area contributed by atoms with E-state index in [2.05, 4.69) is 5.32 Å². The van der Waals surface area contributed by atoms with E-state index in [-0.39, 0.29) is 39.1 Å². The van der Waals surface area contributed by atoms with Gasteiger partial charge in [-0.15, -0.1) is 0 Å². The van der Waals surface area contributed by atoms with Gasteiger partial charge in [-0.1, -0.05) is 36.4 Å². The van der Waals surface area contributed by atoms with Crippen LogP contribution in [0.1, 0.15) is 37.4 Å². The monoisotopic (exact) mass is 512 g/mol. The highest BCUT2D eigenvalue weighted by Gasteiger charge is 2.73. The number of aryl methyl sites for hydroxylation is 2. The highest BCUT2D eigenvalue weighted by atomic mass is 19.4. The Labute approximate surface area is 200 Å². The number of benzene rings is 3. The summed E-state index contributed by atoms with van der Waals surface area (Å²) in [6, 6.07) is 12.8. The zero-order valence-electron chi connectivity index (χ0n) is 18.8. The number of nitrogens with one attached hydrogen (secondary N) is 1. The first kappa shape index (κ1) is 26.7. The van der Waals surface area contributed by atoms with Crippen LogP contribution >= 0.6 is 0 Å². The first-order valence-corrected chi connectivity index (χ1v) is 10.3. The number of halogens is 7. The van der Waals surface area contributed by atoms with Crippen molar-refractivity contribution in [2.75, 3.05) is 5.32 Å². The van der Waals surface area contributed by atoms with Gasteiger partial charge in [0, 0.05) is 27.9 Å². The van der Waals surface area contributed by atoms with Gasteiger partial charge in [-0.25, -0.2) is 4.39 Å². The zero-order chi connectivity index (χ0) is 27.1. The minimum absolute atomic E-state index is 0.0169. The summed E-state index contributed by atoms with van der Waals surface area (Å²) < 4.78 is 94.5. The van der Waals surface area contributed by atoms with Crippen LogP contribution in [0.5, 0.6) is 0 Å². The molecule has 0 aliphatic heterocycles. The van der Waals surface area contributed by atoms with E-state index < -0.39 is 35.4 Å². The van der Waals surface area contributed by atoms with Gasteiger partial charge >= 0.3 is 18.0 Å². The molecule has 3 rings (SSSR count). The Morgan fingerprint density at radius 2 is 1.28 bits per heavy atom. The third-order valence-corrected chi connectivity index (χ3v) is 5.58. The molecule has 36 heavy (non-hydrogen) atoms. The van der Waals surface area contributed by atoms with Crippen LogP contribution in [-0.4, -0.2) is 24.2 Å².